The second-order valence-electron chi connectivity index (χ2n) is 6.17. The summed E-state index contributed by atoms with van der Waals surface area (Å²) in [6, 6.07) is 0.320. The second-order valence-corrected chi connectivity index (χ2v) is 6.17. The number of rotatable bonds is 2. The van der Waals surface area contributed by atoms with Crippen LogP contribution in [0.4, 0.5) is 0 Å². The zero-order valence-electron chi connectivity index (χ0n) is 11.6. The number of hydrogen-bond acceptors (Lipinski definition) is 1. The molecule has 0 aromatic heterocycles. The van der Waals surface area contributed by atoms with Crippen molar-refractivity contribution in [2.24, 2.45) is 11.3 Å². The third-order valence-corrected chi connectivity index (χ3v) is 3.95. The van der Waals surface area contributed by atoms with Crippen molar-refractivity contribution in [2.45, 2.75) is 53.0 Å². The SMILES string of the molecule is [B]C(=C)C(=O)N1CCC(C(C)(C)C)C[C@H]1CC. The second kappa shape index (κ2) is 5.28. The number of likely N-dealkylation sites (tertiary alicyclic amines) is 1. The Morgan fingerprint density at radius 2 is 2.06 bits per heavy atom. The predicted octanol–water partition coefficient (Wildman–Crippen LogP) is 2.73. The van der Waals surface area contributed by atoms with Crippen LogP contribution >= 0.6 is 0 Å². The number of amides is 1. The molecule has 0 aromatic carbocycles. The van der Waals surface area contributed by atoms with E-state index in [-0.39, 0.29) is 11.4 Å². The maximum Gasteiger partial charge on any atom is 0.239 e. The van der Waals surface area contributed by atoms with Gasteiger partial charge in [-0.3, -0.25) is 4.79 Å². The lowest BCUT2D eigenvalue weighted by molar-refractivity contribution is -0.131. The lowest BCUT2D eigenvalue weighted by Crippen LogP contribution is -2.48. The van der Waals surface area contributed by atoms with Crippen molar-refractivity contribution in [2.75, 3.05) is 6.54 Å². The molecule has 1 aliphatic heterocycles. The highest BCUT2D eigenvalue weighted by molar-refractivity contribution is 6.35. The minimum absolute atomic E-state index is 0.0794. The molecule has 17 heavy (non-hydrogen) atoms. The molecule has 1 amide bonds. The van der Waals surface area contributed by atoms with E-state index in [1.54, 1.807) is 0 Å². The van der Waals surface area contributed by atoms with Crippen LogP contribution in [0.15, 0.2) is 12.1 Å². The monoisotopic (exact) mass is 233 g/mol. The van der Waals surface area contributed by atoms with E-state index in [9.17, 15) is 4.79 Å². The fraction of sp³-hybridized carbons (Fsp3) is 0.786. The van der Waals surface area contributed by atoms with Gasteiger partial charge >= 0.3 is 0 Å². The van der Waals surface area contributed by atoms with Crippen molar-refractivity contribution in [3.63, 3.8) is 0 Å². The Bertz CT molecular complexity index is 306. The van der Waals surface area contributed by atoms with Gasteiger partial charge in [0.1, 0.15) is 7.85 Å². The summed E-state index contributed by atoms with van der Waals surface area (Å²) < 4.78 is 0. The summed E-state index contributed by atoms with van der Waals surface area (Å²) in [5.74, 6) is 0.603. The Morgan fingerprint density at radius 3 is 2.47 bits per heavy atom. The van der Waals surface area contributed by atoms with Crippen LogP contribution in [0.3, 0.4) is 0 Å². The van der Waals surface area contributed by atoms with Gasteiger partial charge in [0.2, 0.25) is 5.91 Å². The first kappa shape index (κ1) is 14.3. The molecule has 3 heteroatoms. The van der Waals surface area contributed by atoms with Gasteiger partial charge in [-0.1, -0.05) is 27.7 Å². The van der Waals surface area contributed by atoms with Crippen molar-refractivity contribution in [3.05, 3.63) is 12.1 Å². The Labute approximate surface area is 107 Å². The van der Waals surface area contributed by atoms with Crippen molar-refractivity contribution in [3.8, 4) is 0 Å². The summed E-state index contributed by atoms with van der Waals surface area (Å²) >= 11 is 0. The summed E-state index contributed by atoms with van der Waals surface area (Å²) in [5.41, 5.74) is 0.486. The molecule has 1 aliphatic rings. The maximum atomic E-state index is 11.9. The molecule has 0 saturated carbocycles. The third kappa shape index (κ3) is 3.37. The summed E-state index contributed by atoms with van der Waals surface area (Å²) in [6.45, 7) is 13.3. The molecule has 1 saturated heterocycles. The summed E-state index contributed by atoms with van der Waals surface area (Å²) in [5, 5.41) is 0. The van der Waals surface area contributed by atoms with Crippen molar-refractivity contribution in [1.82, 2.24) is 4.90 Å². The zero-order valence-corrected chi connectivity index (χ0v) is 11.6. The van der Waals surface area contributed by atoms with Gasteiger partial charge in [-0.2, -0.15) is 0 Å². The standard InChI is InChI=1S/C14H24BNO/c1-6-12-9-11(14(3,4)5)7-8-16(12)13(17)10(2)15/h11-12H,2,6-9H2,1,3-5H3/t11?,12-/m1/s1. The fourth-order valence-corrected chi connectivity index (χ4v) is 2.68. The van der Waals surface area contributed by atoms with Crippen LogP contribution in [0.25, 0.3) is 0 Å². The molecule has 1 unspecified atom stereocenters. The molecule has 1 heterocycles. The molecule has 1 rings (SSSR count). The third-order valence-electron chi connectivity index (χ3n) is 3.95. The lowest BCUT2D eigenvalue weighted by Gasteiger charge is -2.44. The summed E-state index contributed by atoms with van der Waals surface area (Å²) in [4.78, 5) is 13.8. The molecule has 0 bridgehead atoms. The Kier molecular flexibility index (Phi) is 4.45. The van der Waals surface area contributed by atoms with Gasteiger partial charge in [-0.25, -0.2) is 0 Å². The van der Waals surface area contributed by atoms with Gasteiger partial charge in [0.25, 0.3) is 0 Å². The quantitative estimate of drug-likeness (QED) is 0.530. The smallest absolute Gasteiger partial charge is 0.239 e. The number of hydrogen-bond donors (Lipinski definition) is 0. The Hall–Kier alpha value is -0.725. The van der Waals surface area contributed by atoms with Crippen LogP contribution < -0.4 is 0 Å². The first-order valence-corrected chi connectivity index (χ1v) is 6.52. The van der Waals surface area contributed by atoms with Crippen LogP contribution in [-0.4, -0.2) is 31.2 Å². The Morgan fingerprint density at radius 1 is 1.47 bits per heavy atom. The van der Waals surface area contributed by atoms with Crippen molar-refractivity contribution in [1.29, 1.82) is 0 Å². The zero-order chi connectivity index (χ0) is 13.2. The molecule has 0 aliphatic carbocycles. The normalized spacial score (nSPS) is 25.8. The van der Waals surface area contributed by atoms with Gasteiger partial charge in [0, 0.05) is 12.6 Å². The van der Waals surface area contributed by atoms with E-state index < -0.39 is 0 Å². The van der Waals surface area contributed by atoms with Crippen LogP contribution in [0.1, 0.15) is 47.0 Å². The fourth-order valence-electron chi connectivity index (χ4n) is 2.68. The molecule has 2 nitrogen and oxygen atoms in total. The number of carbonyl (C=O) groups excluding carboxylic acids is 1. The van der Waals surface area contributed by atoms with E-state index in [2.05, 4.69) is 34.3 Å². The average Bonchev–Trinajstić information content (AvgIpc) is 2.25. The molecule has 2 radical (unpaired) electrons. The number of nitrogens with zero attached hydrogens (tertiary/aromatic N) is 1. The summed E-state index contributed by atoms with van der Waals surface area (Å²) in [6.07, 6.45) is 3.14. The first-order valence-electron chi connectivity index (χ1n) is 6.52. The predicted molar refractivity (Wildman–Crippen MR) is 72.9 cm³/mol. The van der Waals surface area contributed by atoms with Crippen LogP contribution in [0.5, 0.6) is 0 Å². The highest BCUT2D eigenvalue weighted by Crippen LogP contribution is 2.37. The van der Waals surface area contributed by atoms with E-state index in [1.165, 1.54) is 0 Å². The minimum Gasteiger partial charge on any atom is -0.337 e. The van der Waals surface area contributed by atoms with E-state index in [0.29, 0.717) is 17.4 Å². The van der Waals surface area contributed by atoms with E-state index in [4.69, 9.17) is 7.85 Å². The van der Waals surface area contributed by atoms with Gasteiger partial charge < -0.3 is 4.90 Å². The maximum absolute atomic E-state index is 11.9. The van der Waals surface area contributed by atoms with Gasteiger partial charge in [-0.15, -0.1) is 6.58 Å². The number of carbonyl (C=O) groups is 1. The highest BCUT2D eigenvalue weighted by atomic mass is 16.2. The van der Waals surface area contributed by atoms with Crippen molar-refractivity contribution < 1.29 is 4.79 Å². The van der Waals surface area contributed by atoms with Crippen LogP contribution in [-0.2, 0) is 4.79 Å². The topological polar surface area (TPSA) is 20.3 Å². The number of piperidine rings is 1. The first-order chi connectivity index (χ1) is 7.77. The molecular weight excluding hydrogens is 209 g/mol. The largest absolute Gasteiger partial charge is 0.337 e. The molecular formula is C14H24BNO. The summed E-state index contributed by atoms with van der Waals surface area (Å²) in [7, 11) is 5.52. The molecule has 0 aromatic rings. The molecule has 0 spiro atoms. The molecule has 0 N–H and O–H groups in total. The Balaban J connectivity index is 2.75. The van der Waals surface area contributed by atoms with E-state index >= 15 is 0 Å². The average molecular weight is 233 g/mol. The van der Waals surface area contributed by atoms with Gasteiger partial charge in [0.15, 0.2) is 0 Å². The minimum atomic E-state index is -0.0794. The van der Waals surface area contributed by atoms with Crippen LogP contribution in [0, 0.1) is 11.3 Å². The van der Waals surface area contributed by atoms with E-state index in [0.717, 1.165) is 25.8 Å². The van der Waals surface area contributed by atoms with Gasteiger partial charge in [0.05, 0.1) is 0 Å². The van der Waals surface area contributed by atoms with Gasteiger partial charge in [-0.05, 0) is 36.1 Å². The highest BCUT2D eigenvalue weighted by Gasteiger charge is 2.35. The molecule has 2 atom stereocenters. The van der Waals surface area contributed by atoms with Crippen LogP contribution in [0.2, 0.25) is 0 Å². The van der Waals surface area contributed by atoms with E-state index in [1.807, 2.05) is 4.90 Å². The molecule has 1 fully saturated rings. The van der Waals surface area contributed by atoms with Crippen molar-refractivity contribution >= 4 is 13.8 Å². The molecule has 94 valence electrons. The lowest BCUT2D eigenvalue weighted by atomic mass is 9.72.